The van der Waals surface area contributed by atoms with Crippen molar-refractivity contribution >= 4 is 34.3 Å². The van der Waals surface area contributed by atoms with Crippen LogP contribution < -0.4 is 5.32 Å². The SMILES string of the molecule is C.O=C(N[C@@H](Cc1ccccc1)[C@@H](O)C(=O)N1C[C@@H](O)[C@@H](O)C1)c1cc2cc(Cl)ccc2[nH]1. The summed E-state index contributed by atoms with van der Waals surface area (Å²) < 4.78 is 0. The minimum atomic E-state index is -1.56. The number of H-pyrrole nitrogens is 1. The summed E-state index contributed by atoms with van der Waals surface area (Å²) in [4.78, 5) is 30.0. The van der Waals surface area contributed by atoms with Crippen LogP contribution in [0.2, 0.25) is 5.02 Å². The molecule has 2 amide bonds. The van der Waals surface area contributed by atoms with E-state index in [1.807, 2.05) is 30.3 Å². The molecule has 2 heterocycles. The van der Waals surface area contributed by atoms with E-state index in [0.29, 0.717) is 5.02 Å². The van der Waals surface area contributed by atoms with Gasteiger partial charge in [0.1, 0.15) is 5.69 Å². The van der Waals surface area contributed by atoms with E-state index in [-0.39, 0.29) is 32.6 Å². The summed E-state index contributed by atoms with van der Waals surface area (Å²) in [7, 11) is 0. The van der Waals surface area contributed by atoms with Gasteiger partial charge in [-0.1, -0.05) is 49.4 Å². The highest BCUT2D eigenvalue weighted by molar-refractivity contribution is 6.31. The zero-order valence-corrected chi connectivity index (χ0v) is 17.9. The van der Waals surface area contributed by atoms with Crippen LogP contribution in [0, 0.1) is 0 Å². The lowest BCUT2D eigenvalue weighted by atomic mass is 10.00. The maximum atomic E-state index is 13.0. The number of rotatable bonds is 6. The van der Waals surface area contributed by atoms with E-state index >= 15 is 0 Å². The van der Waals surface area contributed by atoms with Crippen LogP contribution in [0.5, 0.6) is 0 Å². The molecule has 0 radical (unpaired) electrons. The number of aliphatic hydroxyl groups excluding tert-OH is 3. The van der Waals surface area contributed by atoms with Crippen molar-refractivity contribution < 1.29 is 24.9 Å². The third kappa shape index (κ3) is 5.54. The van der Waals surface area contributed by atoms with Gasteiger partial charge in [0.2, 0.25) is 0 Å². The van der Waals surface area contributed by atoms with Gasteiger partial charge >= 0.3 is 0 Å². The monoisotopic (exact) mass is 473 g/mol. The summed E-state index contributed by atoms with van der Waals surface area (Å²) >= 11 is 6.02. The van der Waals surface area contributed by atoms with Crippen LogP contribution in [0.3, 0.4) is 0 Å². The first kappa shape index (κ1) is 24.7. The maximum absolute atomic E-state index is 13.0. The van der Waals surface area contributed by atoms with Crippen molar-refractivity contribution in [1.29, 1.82) is 0 Å². The summed E-state index contributed by atoms with van der Waals surface area (Å²) in [6.45, 7) is -0.155. The van der Waals surface area contributed by atoms with Crippen molar-refractivity contribution in [3.63, 3.8) is 0 Å². The summed E-state index contributed by atoms with van der Waals surface area (Å²) in [6, 6.07) is 15.1. The van der Waals surface area contributed by atoms with Gasteiger partial charge < -0.3 is 30.5 Å². The van der Waals surface area contributed by atoms with Crippen LogP contribution >= 0.6 is 11.6 Å². The van der Waals surface area contributed by atoms with Crippen LogP contribution in [0.25, 0.3) is 10.9 Å². The Morgan fingerprint density at radius 2 is 1.76 bits per heavy atom. The molecule has 0 bridgehead atoms. The molecule has 0 unspecified atom stereocenters. The number of nitrogens with zero attached hydrogens (tertiary/aromatic N) is 1. The molecule has 1 fully saturated rings. The lowest BCUT2D eigenvalue weighted by molar-refractivity contribution is -0.141. The van der Waals surface area contributed by atoms with E-state index in [2.05, 4.69) is 10.3 Å². The number of fused-ring (bicyclic) bond motifs is 1. The summed E-state index contributed by atoms with van der Waals surface area (Å²) in [6.07, 6.45) is -3.47. The summed E-state index contributed by atoms with van der Waals surface area (Å²) in [5.74, 6) is -1.14. The summed E-state index contributed by atoms with van der Waals surface area (Å²) in [5, 5.41) is 34.4. The molecule has 0 spiro atoms. The summed E-state index contributed by atoms with van der Waals surface area (Å²) in [5.41, 5.74) is 1.83. The molecule has 4 atom stereocenters. The molecule has 0 aliphatic carbocycles. The minimum absolute atomic E-state index is 0. The number of likely N-dealkylation sites (tertiary alicyclic amines) is 1. The molecule has 1 aliphatic heterocycles. The van der Waals surface area contributed by atoms with E-state index in [1.165, 1.54) is 4.90 Å². The highest BCUT2D eigenvalue weighted by Crippen LogP contribution is 2.21. The van der Waals surface area contributed by atoms with Gasteiger partial charge in [-0.05, 0) is 36.2 Å². The van der Waals surface area contributed by atoms with Gasteiger partial charge in [-0.3, -0.25) is 9.59 Å². The fraction of sp³-hybridized carbons (Fsp3) is 0.333. The number of hydrogen-bond donors (Lipinski definition) is 5. The van der Waals surface area contributed by atoms with Gasteiger partial charge in [0, 0.05) is 29.0 Å². The van der Waals surface area contributed by atoms with Crippen LogP contribution in [0.15, 0.2) is 54.6 Å². The molecule has 9 heteroatoms. The molecular formula is C24H28ClN3O5. The first-order chi connectivity index (χ1) is 15.3. The fourth-order valence-corrected chi connectivity index (χ4v) is 4.07. The minimum Gasteiger partial charge on any atom is -0.388 e. The predicted octanol–water partition coefficient (Wildman–Crippen LogP) is 1.72. The Hall–Kier alpha value is -2.91. The molecule has 5 N–H and O–H groups in total. The van der Waals surface area contributed by atoms with E-state index in [9.17, 15) is 24.9 Å². The van der Waals surface area contributed by atoms with Crippen molar-refractivity contribution in [3.05, 3.63) is 70.9 Å². The maximum Gasteiger partial charge on any atom is 0.268 e. The number of halogens is 1. The normalized spacial score (nSPS) is 19.7. The van der Waals surface area contributed by atoms with Crippen molar-refractivity contribution in [2.24, 2.45) is 0 Å². The third-order valence-corrected chi connectivity index (χ3v) is 5.88. The number of β-amino-alcohol motifs (C(OH)–C–C–N with tert-alkyl or cyclic N) is 2. The number of benzene rings is 2. The number of aliphatic hydroxyl groups is 3. The zero-order chi connectivity index (χ0) is 22.8. The van der Waals surface area contributed by atoms with Gasteiger partial charge in [-0.15, -0.1) is 0 Å². The fourth-order valence-electron chi connectivity index (χ4n) is 3.89. The van der Waals surface area contributed by atoms with Gasteiger partial charge in [-0.2, -0.15) is 0 Å². The van der Waals surface area contributed by atoms with Crippen LogP contribution in [0.4, 0.5) is 0 Å². The van der Waals surface area contributed by atoms with Crippen molar-refractivity contribution in [1.82, 2.24) is 15.2 Å². The average Bonchev–Trinajstić information content (AvgIpc) is 3.35. The highest BCUT2D eigenvalue weighted by atomic mass is 35.5. The van der Waals surface area contributed by atoms with Gasteiger partial charge in [0.25, 0.3) is 11.8 Å². The molecule has 8 nitrogen and oxygen atoms in total. The van der Waals surface area contributed by atoms with E-state index in [4.69, 9.17) is 11.6 Å². The van der Waals surface area contributed by atoms with E-state index in [1.54, 1.807) is 24.3 Å². The Labute approximate surface area is 196 Å². The molecule has 3 aromatic rings. The van der Waals surface area contributed by atoms with Gasteiger partial charge in [0.15, 0.2) is 6.10 Å². The number of amides is 2. The Bertz CT molecular complexity index is 1110. The second-order valence-corrected chi connectivity index (χ2v) is 8.44. The predicted molar refractivity (Wildman–Crippen MR) is 126 cm³/mol. The quantitative estimate of drug-likeness (QED) is 0.372. The molecule has 176 valence electrons. The number of aromatic nitrogens is 1. The number of nitrogens with one attached hydrogen (secondary N) is 2. The first-order valence-corrected chi connectivity index (χ1v) is 10.7. The molecule has 33 heavy (non-hydrogen) atoms. The Balaban J connectivity index is 0.00000306. The Morgan fingerprint density at radius 3 is 2.42 bits per heavy atom. The molecule has 1 aliphatic rings. The Morgan fingerprint density at radius 1 is 1.09 bits per heavy atom. The number of carbonyl (C=O) groups is 2. The van der Waals surface area contributed by atoms with Crippen molar-refractivity contribution in [2.75, 3.05) is 13.1 Å². The molecule has 2 aromatic carbocycles. The molecule has 0 saturated carbocycles. The highest BCUT2D eigenvalue weighted by Gasteiger charge is 2.38. The first-order valence-electron chi connectivity index (χ1n) is 10.3. The molecule has 1 aromatic heterocycles. The zero-order valence-electron chi connectivity index (χ0n) is 17.1. The third-order valence-electron chi connectivity index (χ3n) is 5.65. The average molecular weight is 474 g/mol. The van der Waals surface area contributed by atoms with Gasteiger partial charge in [0.05, 0.1) is 18.2 Å². The molecule has 4 rings (SSSR count). The number of aromatic amines is 1. The van der Waals surface area contributed by atoms with Crippen molar-refractivity contribution in [3.8, 4) is 0 Å². The standard InChI is InChI=1S/C23H24ClN3O5.CH4/c24-15-6-7-16-14(9-15)10-18(25-16)22(31)26-17(8-13-4-2-1-3-5-13)21(30)23(32)27-11-19(28)20(29)12-27;/h1-7,9-10,17,19-21,25,28-30H,8,11-12H2,(H,26,31);1H4/t17-,19-,20+,21+;/m0./s1. The topological polar surface area (TPSA) is 126 Å². The van der Waals surface area contributed by atoms with E-state index < -0.39 is 36.2 Å². The number of carbonyl (C=O) groups excluding carboxylic acids is 2. The van der Waals surface area contributed by atoms with Crippen LogP contribution in [0.1, 0.15) is 23.5 Å². The lowest BCUT2D eigenvalue weighted by Crippen LogP contribution is -2.52. The number of hydrogen-bond acceptors (Lipinski definition) is 5. The van der Waals surface area contributed by atoms with Crippen LogP contribution in [-0.4, -0.2) is 74.5 Å². The second-order valence-electron chi connectivity index (χ2n) is 8.01. The smallest absolute Gasteiger partial charge is 0.268 e. The molecular weight excluding hydrogens is 446 g/mol. The lowest BCUT2D eigenvalue weighted by Gasteiger charge is -2.27. The van der Waals surface area contributed by atoms with Gasteiger partial charge in [-0.25, -0.2) is 0 Å². The second kappa shape index (κ2) is 10.4. The Kier molecular flexibility index (Phi) is 7.76. The van der Waals surface area contributed by atoms with Crippen LogP contribution in [-0.2, 0) is 11.2 Å². The van der Waals surface area contributed by atoms with Crippen molar-refractivity contribution in [2.45, 2.75) is 38.2 Å². The van der Waals surface area contributed by atoms with E-state index in [0.717, 1.165) is 16.5 Å². The molecule has 1 saturated heterocycles. The largest absolute Gasteiger partial charge is 0.388 e.